The van der Waals surface area contributed by atoms with Crippen LogP contribution in [0.2, 0.25) is 0 Å². The number of nitrogens with one attached hydrogen (secondary N) is 1. The Morgan fingerprint density at radius 2 is 1.93 bits per heavy atom. The van der Waals surface area contributed by atoms with E-state index in [2.05, 4.69) is 5.32 Å². The first-order chi connectivity index (χ1) is 13.4. The van der Waals surface area contributed by atoms with E-state index in [0.29, 0.717) is 35.1 Å². The molecule has 28 heavy (non-hydrogen) atoms. The molecule has 140 valence electrons. The average molecular weight is 375 g/mol. The molecular weight excluding hydrogens is 358 g/mol. The molecule has 6 heteroatoms. The van der Waals surface area contributed by atoms with E-state index in [4.69, 9.17) is 9.52 Å². The van der Waals surface area contributed by atoms with Gasteiger partial charge in [0.15, 0.2) is 5.43 Å². The molecule has 0 spiro atoms. The predicted molar refractivity (Wildman–Crippen MR) is 106 cm³/mol. The summed E-state index contributed by atoms with van der Waals surface area (Å²) in [4.78, 5) is 35.0. The third-order valence-corrected chi connectivity index (χ3v) is 4.89. The number of carbonyl (C=O) groups is 2. The lowest BCUT2D eigenvalue weighted by molar-refractivity contribution is -0.147. The smallest absolute Gasteiger partial charge is 0.394 e. The fourth-order valence-corrected chi connectivity index (χ4v) is 3.43. The van der Waals surface area contributed by atoms with Gasteiger partial charge in [0.25, 0.3) is 0 Å². The molecule has 1 aliphatic carbocycles. The minimum atomic E-state index is -1.58. The summed E-state index contributed by atoms with van der Waals surface area (Å²) in [5, 5.41) is 11.4. The summed E-state index contributed by atoms with van der Waals surface area (Å²) < 4.78 is 6.03. The van der Waals surface area contributed by atoms with Gasteiger partial charge in [-0.3, -0.25) is 9.59 Å². The van der Waals surface area contributed by atoms with Crippen molar-refractivity contribution in [1.29, 1.82) is 0 Å². The molecule has 2 aromatic carbocycles. The third-order valence-electron chi connectivity index (χ3n) is 4.89. The lowest BCUT2D eigenvalue weighted by Gasteiger charge is -2.07. The van der Waals surface area contributed by atoms with E-state index >= 15 is 0 Å². The number of hydrogen-bond donors (Lipinski definition) is 2. The molecule has 1 amide bonds. The second-order valence-electron chi connectivity index (χ2n) is 6.74. The number of anilines is 1. The molecule has 6 nitrogen and oxygen atoms in total. The number of aliphatic carboxylic acids is 1. The molecular formula is C22H17NO5. The van der Waals surface area contributed by atoms with Gasteiger partial charge in [0.2, 0.25) is 0 Å². The Balaban J connectivity index is 1.81. The van der Waals surface area contributed by atoms with E-state index in [-0.39, 0.29) is 11.1 Å². The highest BCUT2D eigenvalue weighted by molar-refractivity contribution is 6.36. The van der Waals surface area contributed by atoms with Crippen molar-refractivity contribution in [3.8, 4) is 0 Å². The highest BCUT2D eigenvalue weighted by atomic mass is 16.4. The van der Waals surface area contributed by atoms with Gasteiger partial charge >= 0.3 is 11.9 Å². The minimum absolute atomic E-state index is 0.0967. The molecule has 2 N–H and O–H groups in total. The van der Waals surface area contributed by atoms with Crippen LogP contribution in [0.1, 0.15) is 28.9 Å². The highest BCUT2D eigenvalue weighted by Crippen LogP contribution is 2.35. The van der Waals surface area contributed by atoms with Gasteiger partial charge in [0.1, 0.15) is 11.3 Å². The predicted octanol–water partition coefficient (Wildman–Crippen LogP) is 3.61. The molecule has 0 bridgehead atoms. The van der Waals surface area contributed by atoms with Crippen molar-refractivity contribution in [2.24, 2.45) is 0 Å². The summed E-state index contributed by atoms with van der Waals surface area (Å²) in [6, 6.07) is 12.5. The maximum atomic E-state index is 12.9. The molecule has 0 aliphatic heterocycles. The van der Waals surface area contributed by atoms with Crippen LogP contribution < -0.4 is 10.7 Å². The number of carboxylic acid groups (broad SMARTS) is 1. The minimum Gasteiger partial charge on any atom is -0.474 e. The Bertz CT molecular complexity index is 1220. The first-order valence-corrected chi connectivity index (χ1v) is 8.84. The van der Waals surface area contributed by atoms with Crippen molar-refractivity contribution in [3.05, 3.63) is 75.1 Å². The lowest BCUT2D eigenvalue weighted by atomic mass is 10.0. The van der Waals surface area contributed by atoms with Crippen LogP contribution in [-0.4, -0.2) is 17.0 Å². The maximum absolute atomic E-state index is 12.9. The van der Waals surface area contributed by atoms with Crippen molar-refractivity contribution >= 4 is 40.2 Å². The van der Waals surface area contributed by atoms with Crippen molar-refractivity contribution < 1.29 is 19.1 Å². The van der Waals surface area contributed by atoms with Crippen LogP contribution >= 0.6 is 0 Å². The van der Waals surface area contributed by atoms with E-state index in [1.54, 1.807) is 6.07 Å². The van der Waals surface area contributed by atoms with Crippen LogP contribution in [0.4, 0.5) is 5.69 Å². The molecule has 1 aromatic heterocycles. The number of benzene rings is 2. The lowest BCUT2D eigenvalue weighted by Crippen LogP contribution is -2.21. The third kappa shape index (κ3) is 3.09. The van der Waals surface area contributed by atoms with Crippen LogP contribution in [0.15, 0.2) is 51.7 Å². The SMILES string of the molecule is Cc1ccccc1C=C1CCc2c1oc1cc(NC(=O)C(=O)O)ccc1c2=O. The van der Waals surface area contributed by atoms with Gasteiger partial charge in [-0.25, -0.2) is 4.79 Å². The normalized spacial score (nSPS) is 14.2. The summed E-state index contributed by atoms with van der Waals surface area (Å²) in [7, 11) is 0. The van der Waals surface area contributed by atoms with Gasteiger partial charge in [-0.05, 0) is 54.7 Å². The molecule has 1 heterocycles. The summed E-state index contributed by atoms with van der Waals surface area (Å²) in [6.45, 7) is 2.02. The number of aryl methyl sites for hydroxylation is 1. The molecule has 3 aromatic rings. The molecule has 1 aliphatic rings. The van der Waals surface area contributed by atoms with Gasteiger partial charge in [0.05, 0.1) is 5.39 Å². The summed E-state index contributed by atoms with van der Waals surface area (Å²) >= 11 is 0. The van der Waals surface area contributed by atoms with Crippen molar-refractivity contribution in [2.75, 3.05) is 5.32 Å². The van der Waals surface area contributed by atoms with E-state index in [1.165, 1.54) is 12.1 Å². The summed E-state index contributed by atoms with van der Waals surface area (Å²) in [5.41, 5.74) is 4.26. The highest BCUT2D eigenvalue weighted by Gasteiger charge is 2.24. The quantitative estimate of drug-likeness (QED) is 0.667. The molecule has 0 radical (unpaired) electrons. The zero-order chi connectivity index (χ0) is 19.8. The zero-order valence-electron chi connectivity index (χ0n) is 15.1. The van der Waals surface area contributed by atoms with Crippen LogP contribution in [0.3, 0.4) is 0 Å². The standard InChI is InChI=1S/C22H17NO5/c1-12-4-2-3-5-13(12)10-14-6-8-17-19(24)16-9-7-15(23-21(25)22(26)27)11-18(16)28-20(14)17/h2-5,7,9-11H,6,8H2,1H3,(H,23,25)(H,26,27). The molecule has 0 atom stereocenters. The molecule has 0 fully saturated rings. The Labute approximate surface area is 160 Å². The monoisotopic (exact) mass is 375 g/mol. The fourth-order valence-electron chi connectivity index (χ4n) is 3.43. The van der Waals surface area contributed by atoms with E-state index < -0.39 is 11.9 Å². The summed E-state index contributed by atoms with van der Waals surface area (Å²) in [6.07, 6.45) is 3.36. The first kappa shape index (κ1) is 17.7. The van der Waals surface area contributed by atoms with Gasteiger partial charge in [-0.2, -0.15) is 0 Å². The Morgan fingerprint density at radius 1 is 1.14 bits per heavy atom. The van der Waals surface area contributed by atoms with Gasteiger partial charge in [-0.15, -0.1) is 0 Å². The molecule has 0 saturated heterocycles. The Kier molecular flexibility index (Phi) is 4.31. The number of rotatable bonds is 2. The van der Waals surface area contributed by atoms with Crippen molar-refractivity contribution in [2.45, 2.75) is 19.8 Å². The Morgan fingerprint density at radius 3 is 2.68 bits per heavy atom. The van der Waals surface area contributed by atoms with Gasteiger partial charge < -0.3 is 14.8 Å². The number of amides is 1. The van der Waals surface area contributed by atoms with E-state index in [9.17, 15) is 14.4 Å². The van der Waals surface area contributed by atoms with Crippen LogP contribution in [-0.2, 0) is 16.0 Å². The first-order valence-electron chi connectivity index (χ1n) is 8.84. The number of fused-ring (bicyclic) bond motifs is 2. The van der Waals surface area contributed by atoms with Gasteiger partial charge in [0, 0.05) is 17.3 Å². The fraction of sp³-hybridized carbons (Fsp3) is 0.136. The molecule has 4 rings (SSSR count). The second kappa shape index (κ2) is 6.81. The largest absolute Gasteiger partial charge is 0.474 e. The molecule has 0 saturated carbocycles. The number of carbonyl (C=O) groups excluding carboxylic acids is 1. The maximum Gasteiger partial charge on any atom is 0.394 e. The summed E-state index contributed by atoms with van der Waals surface area (Å²) in [5.74, 6) is -2.18. The number of allylic oxidation sites excluding steroid dienone is 1. The van der Waals surface area contributed by atoms with Gasteiger partial charge in [-0.1, -0.05) is 24.3 Å². The van der Waals surface area contributed by atoms with Crippen LogP contribution in [0.5, 0.6) is 0 Å². The van der Waals surface area contributed by atoms with Crippen molar-refractivity contribution in [3.63, 3.8) is 0 Å². The van der Waals surface area contributed by atoms with E-state index in [1.807, 2.05) is 37.3 Å². The topological polar surface area (TPSA) is 96.6 Å². The van der Waals surface area contributed by atoms with Crippen molar-refractivity contribution in [1.82, 2.24) is 0 Å². The van der Waals surface area contributed by atoms with Crippen LogP contribution in [0, 0.1) is 6.92 Å². The molecule has 0 unspecified atom stereocenters. The van der Waals surface area contributed by atoms with Crippen LogP contribution in [0.25, 0.3) is 22.6 Å². The Hall–Kier alpha value is -3.67. The zero-order valence-corrected chi connectivity index (χ0v) is 15.1. The second-order valence-corrected chi connectivity index (χ2v) is 6.74. The average Bonchev–Trinajstić information content (AvgIpc) is 3.06. The van der Waals surface area contributed by atoms with E-state index in [0.717, 1.165) is 16.7 Å². The number of hydrogen-bond acceptors (Lipinski definition) is 4. The number of carboxylic acids is 1.